The maximum Gasteiger partial charge on any atom is 0.150 e. The van der Waals surface area contributed by atoms with E-state index in [1.54, 1.807) is 0 Å². The number of hydrogen-bond donors (Lipinski definition) is 0. The molecule has 2 fully saturated rings. The van der Waals surface area contributed by atoms with E-state index in [9.17, 15) is 4.79 Å². The second-order valence-electron chi connectivity index (χ2n) is 5.27. The van der Waals surface area contributed by atoms with E-state index in [1.807, 2.05) is 18.2 Å². The summed E-state index contributed by atoms with van der Waals surface area (Å²) in [5.41, 5.74) is 2.06. The van der Waals surface area contributed by atoms with Crippen LogP contribution in [0.1, 0.15) is 41.6 Å². The molecule has 1 aromatic rings. The van der Waals surface area contributed by atoms with E-state index >= 15 is 0 Å². The molecule has 1 aromatic carbocycles. The molecule has 0 N–H and O–H groups in total. The van der Waals surface area contributed by atoms with Gasteiger partial charge in [-0.25, -0.2) is 0 Å². The van der Waals surface area contributed by atoms with Crippen LogP contribution in [0.3, 0.4) is 0 Å². The Kier molecular flexibility index (Phi) is 2.98. The lowest BCUT2D eigenvalue weighted by atomic mass is 10.0. The van der Waals surface area contributed by atoms with Gasteiger partial charge in [-0.1, -0.05) is 24.3 Å². The van der Waals surface area contributed by atoms with Crippen molar-refractivity contribution in [2.45, 2.75) is 44.2 Å². The highest BCUT2D eigenvalue weighted by molar-refractivity contribution is 5.77. The summed E-state index contributed by atoms with van der Waals surface area (Å²) < 4.78 is 0. The third-order valence-electron chi connectivity index (χ3n) is 4.43. The summed E-state index contributed by atoms with van der Waals surface area (Å²) in [5.74, 6) is 0. The van der Waals surface area contributed by atoms with Crippen LogP contribution in [0.15, 0.2) is 24.3 Å². The second-order valence-corrected chi connectivity index (χ2v) is 5.27. The predicted molar refractivity (Wildman–Crippen MR) is 68.3 cm³/mol. The molecule has 0 spiro atoms. The summed E-state index contributed by atoms with van der Waals surface area (Å²) in [4.78, 5) is 13.6. The average molecular weight is 229 g/mol. The zero-order valence-corrected chi connectivity index (χ0v) is 10.1. The minimum absolute atomic E-state index is 0.836. The van der Waals surface area contributed by atoms with Crippen molar-refractivity contribution in [3.05, 3.63) is 35.4 Å². The molecule has 2 aliphatic heterocycles. The summed E-state index contributed by atoms with van der Waals surface area (Å²) in [6.45, 7) is 1.13. The first kappa shape index (κ1) is 11.0. The lowest BCUT2D eigenvalue weighted by Gasteiger charge is -2.21. The summed E-state index contributed by atoms with van der Waals surface area (Å²) >= 11 is 0. The van der Waals surface area contributed by atoms with Crippen molar-refractivity contribution in [2.75, 3.05) is 6.54 Å². The van der Waals surface area contributed by atoms with Gasteiger partial charge in [-0.2, -0.15) is 0 Å². The van der Waals surface area contributed by atoms with Crippen LogP contribution in [0.4, 0.5) is 0 Å². The number of benzene rings is 1. The molecule has 2 saturated heterocycles. The number of aldehydes is 1. The molecule has 0 atom stereocenters. The van der Waals surface area contributed by atoms with Crippen molar-refractivity contribution >= 4 is 6.29 Å². The number of carbonyl (C=O) groups is 1. The van der Waals surface area contributed by atoms with Crippen molar-refractivity contribution in [1.29, 1.82) is 0 Å². The normalized spacial score (nSPS) is 27.5. The first-order chi connectivity index (χ1) is 8.38. The van der Waals surface area contributed by atoms with Gasteiger partial charge in [-0.3, -0.25) is 9.69 Å². The topological polar surface area (TPSA) is 20.3 Å². The van der Waals surface area contributed by atoms with Crippen LogP contribution >= 0.6 is 0 Å². The lowest BCUT2D eigenvalue weighted by molar-refractivity contribution is 0.112. The first-order valence-electron chi connectivity index (χ1n) is 6.67. The van der Waals surface area contributed by atoms with Gasteiger partial charge < -0.3 is 0 Å². The van der Waals surface area contributed by atoms with Crippen molar-refractivity contribution in [3.8, 4) is 0 Å². The van der Waals surface area contributed by atoms with Crippen LogP contribution < -0.4 is 0 Å². The standard InChI is InChI=1S/C15H19NO/c17-11-13-4-2-1-3-12(13)9-10-16-14-5-6-15(16)8-7-14/h1-4,11,14-15H,5-10H2. The molecule has 2 heteroatoms. The fourth-order valence-electron chi connectivity index (χ4n) is 3.51. The van der Waals surface area contributed by atoms with E-state index < -0.39 is 0 Å². The minimum Gasteiger partial charge on any atom is -0.298 e. The lowest BCUT2D eigenvalue weighted by Crippen LogP contribution is -2.30. The van der Waals surface area contributed by atoms with Gasteiger partial charge in [0, 0.05) is 24.2 Å². The number of carbonyl (C=O) groups excluding carboxylic acids is 1. The van der Waals surface area contributed by atoms with E-state index in [-0.39, 0.29) is 0 Å². The van der Waals surface area contributed by atoms with Crippen LogP contribution in [0.5, 0.6) is 0 Å². The van der Waals surface area contributed by atoms with E-state index in [0.717, 1.165) is 36.9 Å². The zero-order chi connectivity index (χ0) is 11.7. The van der Waals surface area contributed by atoms with Gasteiger partial charge in [0.1, 0.15) is 6.29 Å². The van der Waals surface area contributed by atoms with Crippen LogP contribution in [0, 0.1) is 0 Å². The van der Waals surface area contributed by atoms with Crippen LogP contribution in [0.2, 0.25) is 0 Å². The Balaban J connectivity index is 1.66. The van der Waals surface area contributed by atoms with Crippen molar-refractivity contribution in [2.24, 2.45) is 0 Å². The van der Waals surface area contributed by atoms with Crippen molar-refractivity contribution in [3.63, 3.8) is 0 Å². The Morgan fingerprint density at radius 3 is 2.41 bits per heavy atom. The van der Waals surface area contributed by atoms with E-state index in [2.05, 4.69) is 11.0 Å². The number of nitrogens with zero attached hydrogens (tertiary/aromatic N) is 1. The fourth-order valence-corrected chi connectivity index (χ4v) is 3.51. The van der Waals surface area contributed by atoms with Gasteiger partial charge in [-0.05, 0) is 37.7 Å². The molecule has 0 unspecified atom stereocenters. The molecular weight excluding hydrogens is 210 g/mol. The Morgan fingerprint density at radius 2 is 1.76 bits per heavy atom. The molecule has 0 aliphatic carbocycles. The van der Waals surface area contributed by atoms with Gasteiger partial charge in [0.15, 0.2) is 0 Å². The Bertz CT molecular complexity index is 395. The zero-order valence-electron chi connectivity index (χ0n) is 10.1. The summed E-state index contributed by atoms with van der Waals surface area (Å²) in [5, 5.41) is 0. The van der Waals surface area contributed by atoms with E-state index in [0.29, 0.717) is 0 Å². The predicted octanol–water partition coefficient (Wildman–Crippen LogP) is 2.67. The highest BCUT2D eigenvalue weighted by Gasteiger charge is 2.38. The van der Waals surface area contributed by atoms with Crippen LogP contribution in [0.25, 0.3) is 0 Å². The minimum atomic E-state index is 0.836. The van der Waals surface area contributed by atoms with Gasteiger partial charge in [0.05, 0.1) is 0 Å². The Morgan fingerprint density at radius 1 is 1.12 bits per heavy atom. The van der Waals surface area contributed by atoms with E-state index in [1.165, 1.54) is 31.2 Å². The van der Waals surface area contributed by atoms with Crippen LogP contribution in [-0.4, -0.2) is 29.8 Å². The SMILES string of the molecule is O=Cc1ccccc1CCN1C2CCC1CC2. The Hall–Kier alpha value is -1.15. The summed E-state index contributed by atoms with van der Waals surface area (Å²) in [6, 6.07) is 9.64. The number of fused-ring (bicyclic) bond motifs is 2. The van der Waals surface area contributed by atoms with Gasteiger partial charge in [0.2, 0.25) is 0 Å². The van der Waals surface area contributed by atoms with Gasteiger partial charge >= 0.3 is 0 Å². The highest BCUT2D eigenvalue weighted by atomic mass is 16.1. The van der Waals surface area contributed by atoms with Gasteiger partial charge in [-0.15, -0.1) is 0 Å². The molecule has 2 heterocycles. The second kappa shape index (κ2) is 4.61. The van der Waals surface area contributed by atoms with Gasteiger partial charge in [0.25, 0.3) is 0 Å². The molecule has 0 amide bonds. The fraction of sp³-hybridized carbons (Fsp3) is 0.533. The first-order valence-corrected chi connectivity index (χ1v) is 6.67. The molecule has 0 aromatic heterocycles. The molecule has 0 radical (unpaired) electrons. The maximum absolute atomic E-state index is 11.0. The third-order valence-corrected chi connectivity index (χ3v) is 4.43. The monoisotopic (exact) mass is 229 g/mol. The number of rotatable bonds is 4. The smallest absolute Gasteiger partial charge is 0.150 e. The molecule has 3 rings (SSSR count). The highest BCUT2D eigenvalue weighted by Crippen LogP contribution is 2.37. The molecule has 2 aliphatic rings. The van der Waals surface area contributed by atoms with Crippen molar-refractivity contribution in [1.82, 2.24) is 4.90 Å². The average Bonchev–Trinajstić information content (AvgIpc) is 2.96. The van der Waals surface area contributed by atoms with Crippen molar-refractivity contribution < 1.29 is 4.79 Å². The molecule has 2 nitrogen and oxygen atoms in total. The number of hydrogen-bond acceptors (Lipinski definition) is 2. The molecular formula is C15H19NO. The Labute approximate surface area is 103 Å². The molecule has 2 bridgehead atoms. The third kappa shape index (κ3) is 2.02. The quantitative estimate of drug-likeness (QED) is 0.740. The summed E-state index contributed by atoms with van der Waals surface area (Å²) in [6.07, 6.45) is 7.55. The van der Waals surface area contributed by atoms with E-state index in [4.69, 9.17) is 0 Å². The molecule has 17 heavy (non-hydrogen) atoms. The largest absolute Gasteiger partial charge is 0.298 e. The summed E-state index contributed by atoms with van der Waals surface area (Å²) in [7, 11) is 0. The maximum atomic E-state index is 11.0. The molecule has 0 saturated carbocycles. The molecule has 90 valence electrons. The van der Waals surface area contributed by atoms with Crippen LogP contribution in [-0.2, 0) is 6.42 Å².